The number of halogens is 1. The SMILES string of the molecule is Cc1nn(C)c(Cl)c1CSc1cnn(C)c1. The van der Waals surface area contributed by atoms with Crippen LogP contribution in [0.3, 0.4) is 0 Å². The summed E-state index contributed by atoms with van der Waals surface area (Å²) in [5.41, 5.74) is 2.09. The molecule has 0 aromatic carbocycles. The molecule has 0 atom stereocenters. The molecule has 4 nitrogen and oxygen atoms in total. The zero-order valence-electron chi connectivity index (χ0n) is 9.44. The molecule has 0 aliphatic rings. The van der Waals surface area contributed by atoms with Crippen LogP contribution in [0.15, 0.2) is 17.3 Å². The molecule has 0 spiro atoms. The number of aryl methyl sites for hydroxylation is 3. The van der Waals surface area contributed by atoms with Crippen LogP contribution in [0.4, 0.5) is 0 Å². The summed E-state index contributed by atoms with van der Waals surface area (Å²) in [5, 5.41) is 9.12. The zero-order valence-corrected chi connectivity index (χ0v) is 11.0. The summed E-state index contributed by atoms with van der Waals surface area (Å²) in [6.45, 7) is 1.98. The smallest absolute Gasteiger partial charge is 0.131 e. The highest BCUT2D eigenvalue weighted by Gasteiger charge is 2.11. The van der Waals surface area contributed by atoms with Crippen LogP contribution in [0.25, 0.3) is 0 Å². The van der Waals surface area contributed by atoms with Gasteiger partial charge in [0.2, 0.25) is 0 Å². The highest BCUT2D eigenvalue weighted by atomic mass is 35.5. The van der Waals surface area contributed by atoms with E-state index in [9.17, 15) is 0 Å². The minimum atomic E-state index is 0.717. The maximum atomic E-state index is 6.15. The van der Waals surface area contributed by atoms with E-state index in [-0.39, 0.29) is 0 Å². The summed E-state index contributed by atoms with van der Waals surface area (Å²) >= 11 is 7.87. The number of nitrogens with zero attached hydrogens (tertiary/aromatic N) is 4. The van der Waals surface area contributed by atoms with Gasteiger partial charge in [0, 0.05) is 36.5 Å². The van der Waals surface area contributed by atoms with Gasteiger partial charge in [0.25, 0.3) is 0 Å². The molecule has 0 radical (unpaired) electrons. The van der Waals surface area contributed by atoms with Crippen molar-refractivity contribution in [1.29, 1.82) is 0 Å². The highest BCUT2D eigenvalue weighted by Crippen LogP contribution is 2.27. The lowest BCUT2D eigenvalue weighted by molar-refractivity contribution is 0.757. The first-order chi connectivity index (χ1) is 7.58. The van der Waals surface area contributed by atoms with E-state index >= 15 is 0 Å². The fourth-order valence-corrected chi connectivity index (χ4v) is 2.79. The van der Waals surface area contributed by atoms with Gasteiger partial charge in [-0.1, -0.05) is 11.6 Å². The first kappa shape index (κ1) is 11.5. The van der Waals surface area contributed by atoms with Gasteiger partial charge in [-0.2, -0.15) is 10.2 Å². The molecule has 6 heteroatoms. The van der Waals surface area contributed by atoms with E-state index in [4.69, 9.17) is 11.6 Å². The van der Waals surface area contributed by atoms with Gasteiger partial charge in [-0.25, -0.2) is 0 Å². The van der Waals surface area contributed by atoms with Crippen molar-refractivity contribution < 1.29 is 0 Å². The molecule has 2 aromatic rings. The zero-order chi connectivity index (χ0) is 11.7. The first-order valence-electron chi connectivity index (χ1n) is 4.87. The maximum absolute atomic E-state index is 6.15. The van der Waals surface area contributed by atoms with Crippen molar-refractivity contribution in [2.45, 2.75) is 17.6 Å². The Hall–Kier alpha value is -0.940. The summed E-state index contributed by atoms with van der Waals surface area (Å²) in [6.07, 6.45) is 3.84. The van der Waals surface area contributed by atoms with E-state index in [0.29, 0.717) is 5.15 Å². The van der Waals surface area contributed by atoms with Gasteiger partial charge in [-0.15, -0.1) is 11.8 Å². The second-order valence-electron chi connectivity index (χ2n) is 3.62. The van der Waals surface area contributed by atoms with E-state index < -0.39 is 0 Å². The molecule has 0 fully saturated rings. The van der Waals surface area contributed by atoms with Crippen LogP contribution in [-0.4, -0.2) is 19.6 Å². The van der Waals surface area contributed by atoms with Crippen LogP contribution in [0, 0.1) is 6.92 Å². The molecule has 16 heavy (non-hydrogen) atoms. The molecule has 86 valence electrons. The second kappa shape index (κ2) is 4.51. The van der Waals surface area contributed by atoms with Gasteiger partial charge >= 0.3 is 0 Å². The lowest BCUT2D eigenvalue weighted by Crippen LogP contribution is -1.89. The Balaban J connectivity index is 2.10. The standard InChI is InChI=1S/C10H13ClN4S/c1-7-9(10(11)15(3)13-7)6-16-8-4-12-14(2)5-8/h4-5H,6H2,1-3H3. The molecule has 0 saturated carbocycles. The summed E-state index contributed by atoms with van der Waals surface area (Å²) in [6, 6.07) is 0. The normalized spacial score (nSPS) is 11.0. The van der Waals surface area contributed by atoms with Crippen molar-refractivity contribution in [2.75, 3.05) is 0 Å². The highest BCUT2D eigenvalue weighted by molar-refractivity contribution is 7.98. The first-order valence-corrected chi connectivity index (χ1v) is 6.23. The minimum absolute atomic E-state index is 0.717. The third kappa shape index (κ3) is 2.25. The van der Waals surface area contributed by atoms with E-state index in [0.717, 1.165) is 21.9 Å². The lowest BCUT2D eigenvalue weighted by atomic mass is 10.3. The molecule has 0 amide bonds. The Morgan fingerprint density at radius 1 is 1.44 bits per heavy atom. The Labute approximate surface area is 104 Å². The van der Waals surface area contributed by atoms with Crippen LogP contribution in [0.1, 0.15) is 11.3 Å². The number of rotatable bonds is 3. The number of hydrogen-bond donors (Lipinski definition) is 0. The Morgan fingerprint density at radius 3 is 2.69 bits per heavy atom. The van der Waals surface area contributed by atoms with Crippen molar-refractivity contribution in [3.05, 3.63) is 28.8 Å². The fourth-order valence-electron chi connectivity index (χ4n) is 1.47. The van der Waals surface area contributed by atoms with Gasteiger partial charge in [0.15, 0.2) is 0 Å². The topological polar surface area (TPSA) is 35.6 Å². The summed E-state index contributed by atoms with van der Waals surface area (Å²) < 4.78 is 3.50. The van der Waals surface area contributed by atoms with Crippen molar-refractivity contribution in [3.8, 4) is 0 Å². The molecule has 0 N–H and O–H groups in total. The quantitative estimate of drug-likeness (QED) is 0.792. The minimum Gasteiger partial charge on any atom is -0.275 e. The van der Waals surface area contributed by atoms with E-state index in [1.165, 1.54) is 0 Å². The lowest BCUT2D eigenvalue weighted by Gasteiger charge is -1.98. The van der Waals surface area contributed by atoms with Crippen molar-refractivity contribution in [3.63, 3.8) is 0 Å². The summed E-state index contributed by atoms with van der Waals surface area (Å²) in [7, 11) is 3.76. The van der Waals surface area contributed by atoms with Gasteiger partial charge in [0.1, 0.15) is 5.15 Å². The van der Waals surface area contributed by atoms with Gasteiger partial charge < -0.3 is 0 Å². The molecule has 0 saturated heterocycles. The average Bonchev–Trinajstić information content (AvgIpc) is 2.72. The Bertz CT molecular complexity index is 503. The Kier molecular flexibility index (Phi) is 3.25. The van der Waals surface area contributed by atoms with Crippen LogP contribution in [0.2, 0.25) is 5.15 Å². The van der Waals surface area contributed by atoms with Crippen LogP contribution < -0.4 is 0 Å². The van der Waals surface area contributed by atoms with Crippen LogP contribution in [-0.2, 0) is 19.8 Å². The number of thioether (sulfide) groups is 1. The fraction of sp³-hybridized carbons (Fsp3) is 0.400. The van der Waals surface area contributed by atoms with E-state index in [1.54, 1.807) is 21.1 Å². The van der Waals surface area contributed by atoms with Crippen LogP contribution >= 0.6 is 23.4 Å². The summed E-state index contributed by atoms with van der Waals surface area (Å²) in [5.74, 6) is 0.824. The predicted octanol–water partition coefficient (Wildman–Crippen LogP) is 2.41. The van der Waals surface area contributed by atoms with E-state index in [2.05, 4.69) is 10.2 Å². The van der Waals surface area contributed by atoms with Crippen molar-refractivity contribution in [2.24, 2.45) is 14.1 Å². The molecular weight excluding hydrogens is 244 g/mol. The monoisotopic (exact) mass is 256 g/mol. The maximum Gasteiger partial charge on any atom is 0.131 e. The van der Waals surface area contributed by atoms with Gasteiger partial charge in [0.05, 0.1) is 11.9 Å². The molecule has 2 aromatic heterocycles. The Morgan fingerprint density at radius 2 is 2.19 bits per heavy atom. The predicted molar refractivity (Wildman–Crippen MR) is 65.7 cm³/mol. The number of aromatic nitrogens is 4. The van der Waals surface area contributed by atoms with Crippen molar-refractivity contribution >= 4 is 23.4 Å². The second-order valence-corrected chi connectivity index (χ2v) is 5.02. The van der Waals surface area contributed by atoms with Gasteiger partial charge in [-0.05, 0) is 6.92 Å². The molecule has 0 aliphatic heterocycles. The van der Waals surface area contributed by atoms with E-state index in [1.807, 2.05) is 33.4 Å². The van der Waals surface area contributed by atoms with Crippen LogP contribution in [0.5, 0.6) is 0 Å². The molecule has 2 heterocycles. The summed E-state index contributed by atoms with van der Waals surface area (Å²) in [4.78, 5) is 1.14. The average molecular weight is 257 g/mol. The molecule has 0 unspecified atom stereocenters. The van der Waals surface area contributed by atoms with Gasteiger partial charge in [-0.3, -0.25) is 9.36 Å². The molecule has 0 bridgehead atoms. The van der Waals surface area contributed by atoms with Crippen molar-refractivity contribution in [1.82, 2.24) is 19.6 Å². The largest absolute Gasteiger partial charge is 0.275 e. The third-order valence-corrected chi connectivity index (χ3v) is 3.78. The molecular formula is C10H13ClN4S. The molecule has 2 rings (SSSR count). The third-order valence-electron chi connectivity index (χ3n) is 2.33. The molecule has 0 aliphatic carbocycles. The number of hydrogen-bond acceptors (Lipinski definition) is 3.